The number of nitrogens with zero attached hydrogens (tertiary/aromatic N) is 12. The summed E-state index contributed by atoms with van der Waals surface area (Å²) in [6.45, 7) is 0. The zero-order chi connectivity index (χ0) is 99.6. The summed E-state index contributed by atoms with van der Waals surface area (Å²) in [5.74, 6) is 5.68. The van der Waals surface area contributed by atoms with Gasteiger partial charge in [0.05, 0.1) is 16.6 Å². The van der Waals surface area contributed by atoms with Crippen molar-refractivity contribution in [3.63, 3.8) is 0 Å². The van der Waals surface area contributed by atoms with Crippen molar-refractivity contribution in [2.24, 2.45) is 0 Å². The van der Waals surface area contributed by atoms with Crippen LogP contribution in [0.4, 0.5) is 0 Å². The maximum Gasteiger partial charge on any atom is 0.164 e. The largest absolute Gasteiger partial charge is 0.256 e. The lowest BCUT2D eigenvalue weighted by molar-refractivity contribution is 1.07. The highest BCUT2D eigenvalue weighted by molar-refractivity contribution is 6.15. The van der Waals surface area contributed by atoms with Gasteiger partial charge in [-0.2, -0.15) is 0 Å². The van der Waals surface area contributed by atoms with Crippen LogP contribution in [0.2, 0.25) is 0 Å². The average molecular weight is 1910 g/mol. The Kier molecular flexibility index (Phi) is 23.8. The summed E-state index contributed by atoms with van der Waals surface area (Å²) in [6, 6.07) is 179. The molecule has 22 aromatic carbocycles. The van der Waals surface area contributed by atoms with Crippen molar-refractivity contribution >= 4 is 97.3 Å². The Balaban J connectivity index is 0.000000114. The highest BCUT2D eigenvalue weighted by atomic mass is 15.1. The molecule has 0 aliphatic carbocycles. The molecule has 0 amide bonds. The maximum absolute atomic E-state index is 5.28. The van der Waals surface area contributed by atoms with E-state index in [2.05, 4.69) is 500 Å². The summed E-state index contributed by atoms with van der Waals surface area (Å²) in [6.07, 6.45) is 5.53. The fourth-order valence-electron chi connectivity index (χ4n) is 20.6. The number of rotatable bonds is 16. The molecule has 6 heterocycles. The lowest BCUT2D eigenvalue weighted by atomic mass is 9.96. The smallest absolute Gasteiger partial charge is 0.164 e. The van der Waals surface area contributed by atoms with Gasteiger partial charge in [0.15, 0.2) is 52.4 Å². The van der Waals surface area contributed by atoms with Crippen LogP contribution in [0.25, 0.3) is 278 Å². The van der Waals surface area contributed by atoms with Crippen molar-refractivity contribution in [3.05, 3.63) is 534 Å². The summed E-state index contributed by atoms with van der Waals surface area (Å²) in [5, 5.41) is 17.5. The van der Waals surface area contributed by atoms with E-state index in [1.54, 1.807) is 0 Å². The van der Waals surface area contributed by atoms with Crippen molar-refractivity contribution in [3.8, 4) is 180 Å². The van der Waals surface area contributed by atoms with Crippen LogP contribution in [0, 0.1) is 0 Å². The summed E-state index contributed by atoms with van der Waals surface area (Å²) >= 11 is 0. The number of hydrogen-bond donors (Lipinski definition) is 0. The molecule has 6 aromatic heterocycles. The van der Waals surface area contributed by atoms with Crippen LogP contribution in [0.3, 0.4) is 0 Å². The van der Waals surface area contributed by atoms with Crippen molar-refractivity contribution in [2.45, 2.75) is 0 Å². The van der Waals surface area contributed by atoms with Crippen LogP contribution in [-0.2, 0) is 0 Å². The number of para-hydroxylation sites is 3. The summed E-state index contributed by atoms with van der Waals surface area (Å²) < 4.78 is 0. The van der Waals surface area contributed by atoms with E-state index in [0.717, 1.165) is 160 Å². The fourth-order valence-corrected chi connectivity index (χ4v) is 20.6. The second kappa shape index (κ2) is 39.8. The Bertz CT molecular complexity index is 9370. The topological polar surface area (TPSA) is 155 Å². The highest BCUT2D eigenvalue weighted by Gasteiger charge is 2.23. The molecule has 0 saturated heterocycles. The van der Waals surface area contributed by atoms with Gasteiger partial charge in [0.1, 0.15) is 0 Å². The van der Waals surface area contributed by atoms with Crippen molar-refractivity contribution in [2.75, 3.05) is 0 Å². The molecule has 700 valence electrons. The average Bonchev–Trinajstić information content (AvgIpc) is 0.741. The van der Waals surface area contributed by atoms with Crippen LogP contribution in [0.1, 0.15) is 0 Å². The van der Waals surface area contributed by atoms with Gasteiger partial charge in [0.25, 0.3) is 0 Å². The van der Waals surface area contributed by atoms with Crippen molar-refractivity contribution in [1.29, 1.82) is 0 Å². The van der Waals surface area contributed by atoms with Gasteiger partial charge in [-0.05, 0) is 156 Å². The molecule has 28 aromatic rings. The molecule has 0 aliphatic heterocycles. The predicted octanol–water partition coefficient (Wildman–Crippen LogP) is 34.9. The molecule has 12 nitrogen and oxygen atoms in total. The van der Waals surface area contributed by atoms with E-state index in [9.17, 15) is 0 Å². The molecule has 0 unspecified atom stereocenters. The number of hydrogen-bond acceptors (Lipinski definition) is 12. The molecule has 0 radical (unpaired) electrons. The molecule has 0 N–H and O–H groups in total. The third-order valence-electron chi connectivity index (χ3n) is 28.2. The minimum absolute atomic E-state index is 0.619. The van der Waals surface area contributed by atoms with Crippen LogP contribution in [0.5, 0.6) is 0 Å². The molecule has 0 bridgehead atoms. The molecule has 12 heteroatoms. The van der Waals surface area contributed by atoms with E-state index in [1.165, 1.54) is 65.3 Å². The van der Waals surface area contributed by atoms with Gasteiger partial charge in [-0.15, -0.1) is 0 Å². The first-order valence-corrected chi connectivity index (χ1v) is 50.2. The summed E-state index contributed by atoms with van der Waals surface area (Å²) in [5.41, 5.74) is 27.3. The molecular formula is C138H88N12. The van der Waals surface area contributed by atoms with Gasteiger partial charge in [-0.1, -0.05) is 485 Å². The maximum atomic E-state index is 5.28. The number of benzene rings is 22. The van der Waals surface area contributed by atoms with Crippen LogP contribution in [-0.4, -0.2) is 59.8 Å². The lowest BCUT2D eigenvalue weighted by Crippen LogP contribution is -2.01. The van der Waals surface area contributed by atoms with Gasteiger partial charge in [-0.3, -0.25) is 15.0 Å². The van der Waals surface area contributed by atoms with Crippen molar-refractivity contribution in [1.82, 2.24) is 59.8 Å². The second-order valence-corrected chi connectivity index (χ2v) is 37.3. The Morgan fingerprint density at radius 2 is 0.293 bits per heavy atom. The monoisotopic (exact) mass is 1910 g/mol. The first kappa shape index (κ1) is 89.7. The molecule has 28 rings (SSSR count). The predicted molar refractivity (Wildman–Crippen MR) is 617 cm³/mol. The third-order valence-corrected chi connectivity index (χ3v) is 28.2. The molecule has 0 aliphatic rings. The minimum Gasteiger partial charge on any atom is -0.256 e. The normalized spacial score (nSPS) is 11.3. The number of fused-ring (bicyclic) bond motifs is 11. The summed E-state index contributed by atoms with van der Waals surface area (Å²) in [4.78, 5) is 59.9. The molecule has 0 saturated carbocycles. The minimum atomic E-state index is 0.619. The van der Waals surface area contributed by atoms with Gasteiger partial charge in [0.2, 0.25) is 0 Å². The lowest BCUT2D eigenvalue weighted by Gasteiger charge is -2.14. The second-order valence-electron chi connectivity index (χ2n) is 37.3. The Morgan fingerprint density at radius 3 is 0.593 bits per heavy atom. The zero-order valence-electron chi connectivity index (χ0n) is 81.2. The quantitative estimate of drug-likeness (QED) is 0.0846. The van der Waals surface area contributed by atoms with Crippen LogP contribution in [0.15, 0.2) is 534 Å². The molecule has 0 spiro atoms. The van der Waals surface area contributed by atoms with Crippen LogP contribution < -0.4 is 0 Å². The zero-order valence-corrected chi connectivity index (χ0v) is 81.2. The third kappa shape index (κ3) is 17.9. The molecule has 150 heavy (non-hydrogen) atoms. The summed E-state index contributed by atoms with van der Waals surface area (Å²) in [7, 11) is 0. The van der Waals surface area contributed by atoms with Gasteiger partial charge in [0, 0.05) is 102 Å². The first-order valence-electron chi connectivity index (χ1n) is 50.2. The van der Waals surface area contributed by atoms with Crippen molar-refractivity contribution < 1.29 is 0 Å². The first-order chi connectivity index (χ1) is 74.3. The number of aromatic nitrogens is 12. The van der Waals surface area contributed by atoms with E-state index in [-0.39, 0.29) is 0 Å². The van der Waals surface area contributed by atoms with E-state index in [1.807, 2.05) is 48.9 Å². The van der Waals surface area contributed by atoms with Gasteiger partial charge < -0.3 is 0 Å². The van der Waals surface area contributed by atoms with Crippen LogP contribution >= 0.6 is 0 Å². The molecular weight excluding hydrogens is 1830 g/mol. The van der Waals surface area contributed by atoms with E-state index in [0.29, 0.717) is 52.4 Å². The Labute approximate surface area is 865 Å². The van der Waals surface area contributed by atoms with E-state index in [4.69, 9.17) is 44.9 Å². The number of pyridine rings is 3. The van der Waals surface area contributed by atoms with E-state index >= 15 is 0 Å². The van der Waals surface area contributed by atoms with E-state index < -0.39 is 0 Å². The highest BCUT2D eigenvalue weighted by Crippen LogP contribution is 2.43. The Morgan fingerprint density at radius 1 is 0.100 bits per heavy atom. The standard InChI is InChI=1S/C50H32N4.C46H28N4.C42H28N4/c1-3-15-42-33(9-1)11-5-17-44(42)35-20-26-39(27-21-35)48-52-49(40-28-22-36(23-29-40)45-18-6-12-34-10-2-4-16-43(34)45)54-50(53-48)41-30-24-37(25-31-41)46-19-7-13-38-14-8-32-51-47(38)46;1-3-15-34-32(11-1)27-41(39-19-7-5-17-37(34)39)45-48-44(31-24-22-29(23-25-31)36-21-9-13-30-14-10-26-47-43(30)36)49-46(50-45)42-28-33-12-2-4-16-35(33)38-18-6-8-20-40(38)42;1-3-9-29(10-4-1)31-16-22-35(23-17-31)40-44-41(36-24-18-32(19-25-36)30-11-5-2-6-12-30)46-42(45-40)37-26-20-33(21-27-37)38-15-7-13-34-14-8-28-43-39(34)38/h1-32H;1-28H;1-28H. The van der Waals surface area contributed by atoms with Gasteiger partial charge in [-0.25, -0.2) is 44.9 Å². The molecule has 0 fully saturated rings. The fraction of sp³-hybridized carbons (Fsp3) is 0. The SMILES string of the molecule is c1ccc(-c2ccc(-c3nc(-c4ccc(-c5ccccc5)cc4)nc(-c4ccc(-c5cccc6cccnc56)cc4)n3)cc2)cc1.c1ccc2c(-c3ccc(-c4nc(-c5ccc(-c6cccc7ccccc67)cc5)nc(-c5ccc(-c6cccc7cccnc67)cc5)n4)cc3)cccc2c1.c1cnc2c(-c3ccc(-c4nc(-c5cc6ccccc6c6ccccc56)nc(-c5cc6ccccc6c6ccccc56)n4)cc3)cccc2c1. The Hall–Kier alpha value is -20.3. The molecule has 0 atom stereocenters. The van der Waals surface area contributed by atoms with Gasteiger partial charge >= 0.3 is 0 Å².